The number of fused-ring (bicyclic) bond motifs is 1. The van der Waals surface area contributed by atoms with Gasteiger partial charge in [0, 0.05) is 5.92 Å². The van der Waals surface area contributed by atoms with E-state index in [1.54, 1.807) is 0 Å². The molecule has 17 heavy (non-hydrogen) atoms. The standard InChI is InChI=1S/C15H24O2/c1-9(2)12-6-5-11(4)15(17)8-7-10(3)14(16)13(12)15/h10-13,17H,1,5-8H2,2-4H3/t10-,11-,12-,13-,15-/m1/s1. The maximum Gasteiger partial charge on any atom is 0.142 e. The maximum absolute atomic E-state index is 12.4. The maximum atomic E-state index is 12.4. The summed E-state index contributed by atoms with van der Waals surface area (Å²) >= 11 is 0. The van der Waals surface area contributed by atoms with Crippen LogP contribution in [0, 0.1) is 23.7 Å². The number of allylic oxidation sites excluding steroid dienone is 1. The van der Waals surface area contributed by atoms with Crippen molar-refractivity contribution in [3.63, 3.8) is 0 Å². The Labute approximate surface area is 104 Å². The number of carbonyl (C=O) groups excluding carboxylic acids is 1. The molecule has 2 aliphatic rings. The molecule has 0 aromatic carbocycles. The number of aliphatic hydroxyl groups is 1. The summed E-state index contributed by atoms with van der Waals surface area (Å²) in [6, 6.07) is 0. The minimum Gasteiger partial charge on any atom is -0.389 e. The molecule has 5 atom stereocenters. The summed E-state index contributed by atoms with van der Waals surface area (Å²) in [4.78, 5) is 12.4. The molecule has 2 fully saturated rings. The second kappa shape index (κ2) is 4.24. The van der Waals surface area contributed by atoms with Crippen LogP contribution >= 0.6 is 0 Å². The van der Waals surface area contributed by atoms with Crippen LogP contribution in [0.4, 0.5) is 0 Å². The monoisotopic (exact) mass is 236 g/mol. The molecule has 0 unspecified atom stereocenters. The number of Topliss-reactive ketones (excluding diaryl/α,β-unsaturated/α-hetero) is 1. The fourth-order valence-electron chi connectivity index (χ4n) is 3.78. The molecular formula is C15H24O2. The normalized spacial score (nSPS) is 46.5. The van der Waals surface area contributed by atoms with Crippen molar-refractivity contribution in [2.75, 3.05) is 0 Å². The Morgan fingerprint density at radius 3 is 2.59 bits per heavy atom. The van der Waals surface area contributed by atoms with Crippen LogP contribution in [0.15, 0.2) is 12.2 Å². The van der Waals surface area contributed by atoms with Gasteiger partial charge in [0.15, 0.2) is 0 Å². The number of hydrogen-bond acceptors (Lipinski definition) is 2. The summed E-state index contributed by atoms with van der Waals surface area (Å²) in [5, 5.41) is 10.9. The van der Waals surface area contributed by atoms with Crippen LogP contribution in [0.1, 0.15) is 46.5 Å². The lowest BCUT2D eigenvalue weighted by atomic mass is 9.55. The van der Waals surface area contributed by atoms with Crippen LogP contribution < -0.4 is 0 Å². The molecule has 96 valence electrons. The molecule has 2 saturated carbocycles. The first kappa shape index (κ1) is 12.8. The molecule has 2 nitrogen and oxygen atoms in total. The molecule has 2 heteroatoms. The number of rotatable bonds is 1. The zero-order valence-corrected chi connectivity index (χ0v) is 11.2. The minimum atomic E-state index is -0.772. The molecular weight excluding hydrogens is 212 g/mol. The topological polar surface area (TPSA) is 37.3 Å². The Hall–Kier alpha value is -0.630. The summed E-state index contributed by atoms with van der Waals surface area (Å²) < 4.78 is 0. The van der Waals surface area contributed by atoms with Crippen molar-refractivity contribution < 1.29 is 9.90 Å². The van der Waals surface area contributed by atoms with Crippen LogP contribution in [0.2, 0.25) is 0 Å². The van der Waals surface area contributed by atoms with E-state index in [0.29, 0.717) is 0 Å². The summed E-state index contributed by atoms with van der Waals surface area (Å²) in [5.41, 5.74) is 0.286. The van der Waals surface area contributed by atoms with Gasteiger partial charge in [0.2, 0.25) is 0 Å². The summed E-state index contributed by atoms with van der Waals surface area (Å²) in [7, 11) is 0. The third-order valence-corrected chi connectivity index (χ3v) is 5.11. The van der Waals surface area contributed by atoms with Gasteiger partial charge in [-0.05, 0) is 44.4 Å². The first-order chi connectivity index (χ1) is 7.88. The number of hydrogen-bond donors (Lipinski definition) is 1. The Morgan fingerprint density at radius 1 is 1.35 bits per heavy atom. The van der Waals surface area contributed by atoms with Gasteiger partial charge in [-0.25, -0.2) is 0 Å². The van der Waals surface area contributed by atoms with E-state index in [2.05, 4.69) is 13.5 Å². The third kappa shape index (κ3) is 1.87. The van der Waals surface area contributed by atoms with Gasteiger partial charge in [-0.3, -0.25) is 4.79 Å². The number of carbonyl (C=O) groups is 1. The van der Waals surface area contributed by atoms with Crippen LogP contribution in [0.5, 0.6) is 0 Å². The van der Waals surface area contributed by atoms with Gasteiger partial charge in [0.25, 0.3) is 0 Å². The summed E-state index contributed by atoms with van der Waals surface area (Å²) in [5.74, 6) is 0.587. The lowest BCUT2D eigenvalue weighted by Gasteiger charge is -2.52. The molecule has 0 heterocycles. The minimum absolute atomic E-state index is 0.104. The van der Waals surface area contributed by atoms with Gasteiger partial charge in [-0.1, -0.05) is 26.0 Å². The molecule has 1 N–H and O–H groups in total. The first-order valence-corrected chi connectivity index (χ1v) is 6.79. The van der Waals surface area contributed by atoms with Crippen molar-refractivity contribution in [1.29, 1.82) is 0 Å². The summed E-state index contributed by atoms with van der Waals surface area (Å²) in [6.45, 7) is 10.1. The molecule has 0 saturated heterocycles. The summed E-state index contributed by atoms with van der Waals surface area (Å²) in [6.07, 6.45) is 3.61. The van der Waals surface area contributed by atoms with Crippen molar-refractivity contribution >= 4 is 5.78 Å². The highest BCUT2D eigenvalue weighted by Crippen LogP contribution is 2.50. The third-order valence-electron chi connectivity index (χ3n) is 5.11. The molecule has 2 aliphatic carbocycles. The highest BCUT2D eigenvalue weighted by atomic mass is 16.3. The largest absolute Gasteiger partial charge is 0.389 e. The Morgan fingerprint density at radius 2 is 2.00 bits per heavy atom. The highest BCUT2D eigenvalue weighted by molar-refractivity contribution is 5.86. The average Bonchev–Trinajstić information content (AvgIpc) is 2.26. The zero-order valence-electron chi connectivity index (χ0n) is 11.2. The van der Waals surface area contributed by atoms with Gasteiger partial charge in [0.05, 0.1) is 11.5 Å². The Balaban J connectivity index is 2.38. The number of ketones is 1. The van der Waals surface area contributed by atoms with Crippen LogP contribution in [-0.2, 0) is 4.79 Å². The zero-order chi connectivity index (χ0) is 12.8. The highest BCUT2D eigenvalue weighted by Gasteiger charge is 2.55. The van der Waals surface area contributed by atoms with Gasteiger partial charge in [0.1, 0.15) is 5.78 Å². The molecule has 0 aliphatic heterocycles. The quantitative estimate of drug-likeness (QED) is 0.711. The SMILES string of the molecule is C=C(C)[C@H]1CC[C@@H](C)[C@]2(O)CC[C@@H](C)C(=O)[C@@H]12. The van der Waals surface area contributed by atoms with Gasteiger partial charge >= 0.3 is 0 Å². The molecule has 0 bridgehead atoms. The predicted octanol–water partition coefficient (Wildman–Crippen LogP) is 2.95. The Bertz CT molecular complexity index is 347. The molecule has 0 spiro atoms. The van der Waals surface area contributed by atoms with E-state index in [9.17, 15) is 9.90 Å². The van der Waals surface area contributed by atoms with Crippen molar-refractivity contribution in [2.24, 2.45) is 23.7 Å². The van der Waals surface area contributed by atoms with Crippen molar-refractivity contribution in [2.45, 2.75) is 52.1 Å². The van der Waals surface area contributed by atoms with E-state index in [1.807, 2.05) is 13.8 Å². The molecule has 0 aromatic heterocycles. The van der Waals surface area contributed by atoms with E-state index in [0.717, 1.165) is 31.3 Å². The van der Waals surface area contributed by atoms with Gasteiger partial charge in [-0.15, -0.1) is 0 Å². The molecule has 2 rings (SSSR count). The van der Waals surface area contributed by atoms with Crippen LogP contribution in [0.3, 0.4) is 0 Å². The second-order valence-electron chi connectivity index (χ2n) is 6.24. The van der Waals surface area contributed by atoms with Crippen molar-refractivity contribution in [3.05, 3.63) is 12.2 Å². The van der Waals surface area contributed by atoms with Crippen LogP contribution in [-0.4, -0.2) is 16.5 Å². The first-order valence-electron chi connectivity index (χ1n) is 6.79. The lowest BCUT2D eigenvalue weighted by Crippen LogP contribution is -2.58. The van der Waals surface area contributed by atoms with E-state index >= 15 is 0 Å². The molecule has 0 radical (unpaired) electrons. The fourth-order valence-corrected chi connectivity index (χ4v) is 3.78. The van der Waals surface area contributed by atoms with Gasteiger partial charge in [-0.2, -0.15) is 0 Å². The predicted molar refractivity (Wildman–Crippen MR) is 68.5 cm³/mol. The van der Waals surface area contributed by atoms with E-state index in [-0.39, 0.29) is 29.5 Å². The van der Waals surface area contributed by atoms with Gasteiger partial charge < -0.3 is 5.11 Å². The van der Waals surface area contributed by atoms with Crippen molar-refractivity contribution in [3.8, 4) is 0 Å². The molecule has 0 amide bonds. The Kier molecular flexibility index (Phi) is 3.19. The van der Waals surface area contributed by atoms with E-state index in [1.165, 1.54) is 0 Å². The van der Waals surface area contributed by atoms with E-state index < -0.39 is 5.60 Å². The lowest BCUT2D eigenvalue weighted by molar-refractivity contribution is -0.164. The van der Waals surface area contributed by atoms with E-state index in [4.69, 9.17) is 0 Å². The van der Waals surface area contributed by atoms with Crippen molar-refractivity contribution in [1.82, 2.24) is 0 Å². The molecule has 0 aromatic rings. The fraction of sp³-hybridized carbons (Fsp3) is 0.800. The second-order valence-corrected chi connectivity index (χ2v) is 6.24. The smallest absolute Gasteiger partial charge is 0.142 e. The average molecular weight is 236 g/mol. The van der Waals surface area contributed by atoms with Crippen LogP contribution in [0.25, 0.3) is 0 Å².